The number of nitriles is 1. The van der Waals surface area contributed by atoms with E-state index >= 15 is 0 Å². The molecule has 1 aromatic carbocycles. The summed E-state index contributed by atoms with van der Waals surface area (Å²) in [7, 11) is 1.93. The van der Waals surface area contributed by atoms with Crippen molar-refractivity contribution in [3.63, 3.8) is 0 Å². The van der Waals surface area contributed by atoms with Gasteiger partial charge >= 0.3 is 0 Å². The highest BCUT2D eigenvalue weighted by Gasteiger charge is 2.34. The second-order valence-electron chi connectivity index (χ2n) is 6.31. The average Bonchev–Trinajstić information content (AvgIpc) is 3.17. The van der Waals surface area contributed by atoms with Crippen LogP contribution in [0.5, 0.6) is 5.75 Å². The van der Waals surface area contributed by atoms with Crippen molar-refractivity contribution < 1.29 is 9.53 Å². The van der Waals surface area contributed by atoms with Crippen molar-refractivity contribution in [1.82, 2.24) is 14.7 Å². The molecule has 1 saturated heterocycles. The first kappa shape index (κ1) is 17.0. The quantitative estimate of drug-likeness (QED) is 0.859. The molecule has 1 amide bonds. The second kappa shape index (κ2) is 6.98. The molecule has 0 spiro atoms. The smallest absolute Gasteiger partial charge is 0.258 e. The Labute approximate surface area is 147 Å². The molecule has 25 heavy (non-hydrogen) atoms. The third-order valence-corrected chi connectivity index (χ3v) is 4.82. The molecule has 0 bridgehead atoms. The summed E-state index contributed by atoms with van der Waals surface area (Å²) in [5.74, 6) is 0.401. The number of ether oxygens (including phenoxy) is 1. The van der Waals surface area contributed by atoms with E-state index < -0.39 is 0 Å². The number of carbonyl (C=O) groups excluding carboxylic acids is 1. The molecule has 6 heteroatoms. The zero-order valence-corrected chi connectivity index (χ0v) is 14.8. The number of aryl methyl sites for hydroxylation is 2. The fourth-order valence-electron chi connectivity index (χ4n) is 3.62. The molecule has 0 aliphatic carbocycles. The second-order valence-corrected chi connectivity index (χ2v) is 6.31. The van der Waals surface area contributed by atoms with E-state index in [1.165, 1.54) is 0 Å². The molecule has 0 N–H and O–H groups in total. The molecule has 2 heterocycles. The summed E-state index contributed by atoms with van der Waals surface area (Å²) in [6.45, 7) is 4.67. The SMILES string of the molecule is Cc1nn(C)c(C)c1C1CCCN1C(=O)c1ccccc1OCC#N. The van der Waals surface area contributed by atoms with E-state index in [9.17, 15) is 4.79 Å². The third kappa shape index (κ3) is 3.10. The van der Waals surface area contributed by atoms with Crippen molar-refractivity contribution in [2.24, 2.45) is 7.05 Å². The van der Waals surface area contributed by atoms with Crippen LogP contribution in [0, 0.1) is 25.2 Å². The van der Waals surface area contributed by atoms with Crippen molar-refractivity contribution in [2.45, 2.75) is 32.7 Å². The van der Waals surface area contributed by atoms with Crippen LogP contribution in [0.2, 0.25) is 0 Å². The Morgan fingerprint density at radius 2 is 2.16 bits per heavy atom. The van der Waals surface area contributed by atoms with E-state index in [1.54, 1.807) is 18.2 Å². The van der Waals surface area contributed by atoms with Crippen LogP contribution >= 0.6 is 0 Å². The summed E-state index contributed by atoms with van der Waals surface area (Å²) < 4.78 is 7.31. The summed E-state index contributed by atoms with van der Waals surface area (Å²) in [4.78, 5) is 15.1. The highest BCUT2D eigenvalue weighted by atomic mass is 16.5. The van der Waals surface area contributed by atoms with E-state index in [0.29, 0.717) is 17.9 Å². The van der Waals surface area contributed by atoms with Gasteiger partial charge in [0.25, 0.3) is 5.91 Å². The number of carbonyl (C=O) groups is 1. The monoisotopic (exact) mass is 338 g/mol. The normalized spacial score (nSPS) is 16.7. The average molecular weight is 338 g/mol. The van der Waals surface area contributed by atoms with Crippen LogP contribution in [0.25, 0.3) is 0 Å². The van der Waals surface area contributed by atoms with Gasteiger partial charge in [0.1, 0.15) is 11.8 Å². The van der Waals surface area contributed by atoms with Gasteiger partial charge in [-0.2, -0.15) is 10.4 Å². The maximum atomic E-state index is 13.2. The molecule has 2 aromatic rings. The van der Waals surface area contributed by atoms with Crippen molar-refractivity contribution in [3.05, 3.63) is 46.8 Å². The van der Waals surface area contributed by atoms with Crippen molar-refractivity contribution in [3.8, 4) is 11.8 Å². The third-order valence-electron chi connectivity index (χ3n) is 4.82. The number of amides is 1. The van der Waals surface area contributed by atoms with E-state index in [1.807, 2.05) is 42.6 Å². The Morgan fingerprint density at radius 3 is 2.84 bits per heavy atom. The predicted octanol–water partition coefficient (Wildman–Crippen LogP) is 2.92. The Kier molecular flexibility index (Phi) is 4.75. The zero-order valence-electron chi connectivity index (χ0n) is 14.8. The molecule has 1 aliphatic heterocycles. The standard InChI is InChI=1S/C19H22N4O2/c1-13-18(14(2)22(3)21-13)16-8-6-11-23(16)19(24)15-7-4-5-9-17(15)25-12-10-20/h4-5,7,9,16H,6,8,11-12H2,1-3H3. The maximum Gasteiger partial charge on any atom is 0.258 e. The van der Waals surface area contributed by atoms with E-state index in [0.717, 1.165) is 29.8 Å². The van der Waals surface area contributed by atoms with Crippen LogP contribution in [0.15, 0.2) is 24.3 Å². The highest BCUT2D eigenvalue weighted by Crippen LogP contribution is 2.37. The number of hydrogen-bond donors (Lipinski definition) is 0. The lowest BCUT2D eigenvalue weighted by atomic mass is 10.0. The summed E-state index contributed by atoms with van der Waals surface area (Å²) in [6, 6.07) is 9.09. The fraction of sp³-hybridized carbons (Fsp3) is 0.421. The molecule has 1 aliphatic rings. The molecule has 1 aromatic heterocycles. The van der Waals surface area contributed by atoms with Gasteiger partial charge < -0.3 is 9.64 Å². The van der Waals surface area contributed by atoms with Gasteiger partial charge in [-0.15, -0.1) is 0 Å². The number of hydrogen-bond acceptors (Lipinski definition) is 4. The van der Waals surface area contributed by atoms with Crippen LogP contribution in [0.1, 0.15) is 46.2 Å². The first-order chi connectivity index (χ1) is 12.0. The molecule has 3 rings (SSSR count). The van der Waals surface area contributed by atoms with Crippen molar-refractivity contribution in [2.75, 3.05) is 13.2 Å². The fourth-order valence-corrected chi connectivity index (χ4v) is 3.62. The molecular weight excluding hydrogens is 316 g/mol. The van der Waals surface area contributed by atoms with Crippen molar-refractivity contribution >= 4 is 5.91 Å². The molecule has 0 radical (unpaired) electrons. The number of nitrogens with zero attached hydrogens (tertiary/aromatic N) is 4. The number of rotatable bonds is 4. The zero-order chi connectivity index (χ0) is 18.0. The Morgan fingerprint density at radius 1 is 1.40 bits per heavy atom. The molecule has 0 saturated carbocycles. The van der Waals surface area contributed by atoms with Crippen LogP contribution in [0.3, 0.4) is 0 Å². The molecular formula is C19H22N4O2. The molecule has 130 valence electrons. The largest absolute Gasteiger partial charge is 0.478 e. The minimum absolute atomic E-state index is 0.0326. The van der Waals surface area contributed by atoms with Gasteiger partial charge in [-0.05, 0) is 38.8 Å². The van der Waals surface area contributed by atoms with Crippen LogP contribution in [0.4, 0.5) is 0 Å². The predicted molar refractivity (Wildman–Crippen MR) is 93.2 cm³/mol. The number of para-hydroxylation sites is 1. The highest BCUT2D eigenvalue weighted by molar-refractivity contribution is 5.97. The van der Waals surface area contributed by atoms with Crippen LogP contribution in [-0.4, -0.2) is 33.7 Å². The van der Waals surface area contributed by atoms with Gasteiger partial charge in [-0.25, -0.2) is 0 Å². The van der Waals surface area contributed by atoms with Gasteiger partial charge in [0, 0.05) is 24.8 Å². The lowest BCUT2D eigenvalue weighted by Gasteiger charge is -2.26. The number of aromatic nitrogens is 2. The van der Waals surface area contributed by atoms with E-state index in [-0.39, 0.29) is 18.6 Å². The Hall–Kier alpha value is -2.81. The minimum Gasteiger partial charge on any atom is -0.478 e. The van der Waals surface area contributed by atoms with Crippen molar-refractivity contribution in [1.29, 1.82) is 5.26 Å². The van der Waals surface area contributed by atoms with E-state index in [4.69, 9.17) is 10.00 Å². The van der Waals surface area contributed by atoms with Gasteiger partial charge in [0.05, 0.1) is 17.3 Å². The van der Waals surface area contributed by atoms with Gasteiger partial charge in [0.15, 0.2) is 6.61 Å². The summed E-state index contributed by atoms with van der Waals surface area (Å²) in [5, 5.41) is 13.2. The lowest BCUT2D eigenvalue weighted by Crippen LogP contribution is -2.31. The van der Waals surface area contributed by atoms with Gasteiger partial charge in [-0.1, -0.05) is 12.1 Å². The maximum absolute atomic E-state index is 13.2. The van der Waals surface area contributed by atoms with Gasteiger partial charge in [-0.3, -0.25) is 9.48 Å². The number of likely N-dealkylation sites (tertiary alicyclic amines) is 1. The number of benzene rings is 1. The summed E-state index contributed by atoms with van der Waals surface area (Å²) in [6.07, 6.45) is 1.89. The molecule has 1 atom stereocenters. The molecule has 1 unspecified atom stereocenters. The Bertz CT molecular complexity index is 834. The molecule has 6 nitrogen and oxygen atoms in total. The molecule has 1 fully saturated rings. The summed E-state index contributed by atoms with van der Waals surface area (Å²) in [5.41, 5.74) is 3.71. The van der Waals surface area contributed by atoms with Gasteiger partial charge in [0.2, 0.25) is 0 Å². The first-order valence-electron chi connectivity index (χ1n) is 8.44. The minimum atomic E-state index is -0.0749. The van der Waals surface area contributed by atoms with Crippen LogP contribution in [-0.2, 0) is 7.05 Å². The van der Waals surface area contributed by atoms with Crippen LogP contribution < -0.4 is 4.74 Å². The first-order valence-corrected chi connectivity index (χ1v) is 8.44. The topological polar surface area (TPSA) is 71.2 Å². The summed E-state index contributed by atoms with van der Waals surface area (Å²) >= 11 is 0. The lowest BCUT2D eigenvalue weighted by molar-refractivity contribution is 0.0731. The Balaban J connectivity index is 1.93. The van der Waals surface area contributed by atoms with E-state index in [2.05, 4.69) is 5.10 Å².